The highest BCUT2D eigenvalue weighted by molar-refractivity contribution is 5.96. The lowest BCUT2D eigenvalue weighted by Gasteiger charge is -2.15. The zero-order chi connectivity index (χ0) is 20.5. The molecule has 0 saturated heterocycles. The maximum Gasteiger partial charge on any atom is 0.335 e. The summed E-state index contributed by atoms with van der Waals surface area (Å²) in [6.07, 6.45) is 0.675. The molecule has 0 aliphatic carbocycles. The molecule has 8 nitrogen and oxygen atoms in total. The fourth-order valence-corrected chi connectivity index (χ4v) is 2.49. The molecule has 1 amide bonds. The quantitative estimate of drug-likeness (QED) is 0.601. The van der Waals surface area contributed by atoms with Crippen LogP contribution in [0.25, 0.3) is 0 Å². The molecule has 0 bridgehead atoms. The summed E-state index contributed by atoms with van der Waals surface area (Å²) in [7, 11) is 4.40. The first kappa shape index (κ1) is 20.9. The highest BCUT2D eigenvalue weighted by atomic mass is 16.5. The van der Waals surface area contributed by atoms with Gasteiger partial charge in [0.05, 0.1) is 39.2 Å². The number of carboxylic acid groups (broad SMARTS) is 1. The maximum absolute atomic E-state index is 12.2. The minimum absolute atomic E-state index is 0.0178. The van der Waals surface area contributed by atoms with Crippen LogP contribution in [-0.4, -0.2) is 44.9 Å². The van der Waals surface area contributed by atoms with Crippen molar-refractivity contribution in [2.24, 2.45) is 0 Å². The SMILES string of the molecule is COc1ccc(OCCCC(=O)Nc2cc(C(=O)O)cc(OC)c2OC)cc1. The predicted octanol–water partition coefficient (Wildman–Crippen LogP) is 3.21. The van der Waals surface area contributed by atoms with Crippen molar-refractivity contribution in [3.05, 3.63) is 42.0 Å². The van der Waals surface area contributed by atoms with Crippen LogP contribution in [0.4, 0.5) is 5.69 Å². The van der Waals surface area contributed by atoms with E-state index in [9.17, 15) is 14.7 Å². The highest BCUT2D eigenvalue weighted by Gasteiger charge is 2.17. The lowest BCUT2D eigenvalue weighted by atomic mass is 10.1. The Labute approximate surface area is 163 Å². The zero-order valence-corrected chi connectivity index (χ0v) is 16.0. The molecule has 0 aliphatic rings. The van der Waals surface area contributed by atoms with Crippen LogP contribution in [-0.2, 0) is 4.79 Å². The predicted molar refractivity (Wildman–Crippen MR) is 103 cm³/mol. The van der Waals surface area contributed by atoms with Gasteiger partial charge in [-0.3, -0.25) is 4.79 Å². The molecule has 2 rings (SSSR count). The summed E-state index contributed by atoms with van der Waals surface area (Å²) >= 11 is 0. The van der Waals surface area contributed by atoms with Gasteiger partial charge in [-0.15, -0.1) is 0 Å². The molecule has 28 heavy (non-hydrogen) atoms. The monoisotopic (exact) mass is 389 g/mol. The normalized spacial score (nSPS) is 10.1. The third kappa shape index (κ3) is 5.54. The molecule has 150 valence electrons. The standard InChI is InChI=1S/C20H23NO7/c1-25-14-6-8-15(9-7-14)28-10-4-5-18(22)21-16-11-13(20(23)24)12-17(26-2)19(16)27-3/h6-9,11-12H,4-5,10H2,1-3H3,(H,21,22)(H,23,24). The fourth-order valence-electron chi connectivity index (χ4n) is 2.49. The molecule has 2 aromatic carbocycles. The van der Waals surface area contributed by atoms with Gasteiger partial charge in [0.2, 0.25) is 5.91 Å². The number of nitrogens with one attached hydrogen (secondary N) is 1. The van der Waals surface area contributed by atoms with Crippen molar-refractivity contribution < 1.29 is 33.6 Å². The Morgan fingerprint density at radius 1 is 0.964 bits per heavy atom. The largest absolute Gasteiger partial charge is 0.497 e. The van der Waals surface area contributed by atoms with Gasteiger partial charge in [-0.25, -0.2) is 4.79 Å². The van der Waals surface area contributed by atoms with Gasteiger partial charge < -0.3 is 29.4 Å². The van der Waals surface area contributed by atoms with Crippen LogP contribution in [0.5, 0.6) is 23.0 Å². The minimum atomic E-state index is -1.13. The zero-order valence-electron chi connectivity index (χ0n) is 16.0. The molecule has 2 N–H and O–H groups in total. The average Bonchev–Trinajstić information content (AvgIpc) is 2.70. The molecule has 0 fully saturated rings. The summed E-state index contributed by atoms with van der Waals surface area (Å²) in [4.78, 5) is 23.5. The van der Waals surface area contributed by atoms with Crippen molar-refractivity contribution in [2.45, 2.75) is 12.8 Å². The summed E-state index contributed by atoms with van der Waals surface area (Å²) in [5.41, 5.74) is 0.219. The number of carbonyl (C=O) groups is 2. The van der Waals surface area contributed by atoms with E-state index < -0.39 is 5.97 Å². The van der Waals surface area contributed by atoms with Crippen LogP contribution in [0.2, 0.25) is 0 Å². The number of carboxylic acids is 1. The molecule has 0 spiro atoms. The van der Waals surface area contributed by atoms with Crippen molar-refractivity contribution in [2.75, 3.05) is 33.3 Å². The smallest absolute Gasteiger partial charge is 0.335 e. The van der Waals surface area contributed by atoms with Crippen LogP contribution in [0.1, 0.15) is 23.2 Å². The Morgan fingerprint density at radius 2 is 1.64 bits per heavy atom. The number of hydrogen-bond donors (Lipinski definition) is 2. The van der Waals surface area contributed by atoms with E-state index in [2.05, 4.69) is 5.32 Å². The van der Waals surface area contributed by atoms with E-state index in [1.165, 1.54) is 26.4 Å². The topological polar surface area (TPSA) is 103 Å². The third-order valence-corrected chi connectivity index (χ3v) is 3.88. The van der Waals surface area contributed by atoms with E-state index in [1.807, 2.05) is 0 Å². The number of anilines is 1. The van der Waals surface area contributed by atoms with Gasteiger partial charge in [-0.1, -0.05) is 0 Å². The molecular weight excluding hydrogens is 366 g/mol. The molecule has 0 radical (unpaired) electrons. The van der Waals surface area contributed by atoms with E-state index in [0.717, 1.165) is 5.75 Å². The first-order valence-electron chi connectivity index (χ1n) is 8.54. The van der Waals surface area contributed by atoms with Crippen LogP contribution in [0, 0.1) is 0 Å². The lowest BCUT2D eigenvalue weighted by molar-refractivity contribution is -0.116. The summed E-state index contributed by atoms with van der Waals surface area (Å²) < 4.78 is 21.0. The molecule has 0 saturated carbocycles. The van der Waals surface area contributed by atoms with Crippen LogP contribution in [0.3, 0.4) is 0 Å². The Kier molecular flexibility index (Phi) is 7.50. The average molecular weight is 389 g/mol. The van der Waals surface area contributed by atoms with Crippen molar-refractivity contribution in [3.63, 3.8) is 0 Å². The molecule has 0 aromatic heterocycles. The number of ether oxygens (including phenoxy) is 4. The van der Waals surface area contributed by atoms with E-state index in [4.69, 9.17) is 18.9 Å². The van der Waals surface area contributed by atoms with Crippen LogP contribution < -0.4 is 24.3 Å². The Hall–Kier alpha value is -3.42. The van der Waals surface area contributed by atoms with Crippen molar-refractivity contribution in [1.29, 1.82) is 0 Å². The Morgan fingerprint density at radius 3 is 2.21 bits per heavy atom. The van der Waals surface area contributed by atoms with Crippen molar-refractivity contribution in [3.8, 4) is 23.0 Å². The number of amides is 1. The Balaban J connectivity index is 1.92. The number of aromatic carboxylic acids is 1. The third-order valence-electron chi connectivity index (χ3n) is 3.88. The lowest BCUT2D eigenvalue weighted by Crippen LogP contribution is -2.14. The summed E-state index contributed by atoms with van der Waals surface area (Å²) in [5.74, 6) is 0.475. The van der Waals surface area contributed by atoms with E-state index in [-0.39, 0.29) is 35.1 Å². The second kappa shape index (κ2) is 10.1. The van der Waals surface area contributed by atoms with Gasteiger partial charge in [0.15, 0.2) is 11.5 Å². The molecule has 0 unspecified atom stereocenters. The summed E-state index contributed by atoms with van der Waals surface area (Å²) in [5, 5.41) is 11.9. The first-order chi connectivity index (χ1) is 13.5. The van der Waals surface area contributed by atoms with Gasteiger partial charge in [0.25, 0.3) is 0 Å². The maximum atomic E-state index is 12.2. The minimum Gasteiger partial charge on any atom is -0.497 e. The van der Waals surface area contributed by atoms with Crippen molar-refractivity contribution >= 4 is 17.6 Å². The fraction of sp³-hybridized carbons (Fsp3) is 0.300. The summed E-state index contributed by atoms with van der Waals surface area (Å²) in [6.45, 7) is 0.357. The molecule has 0 aliphatic heterocycles. The van der Waals surface area contributed by atoms with Gasteiger partial charge in [-0.2, -0.15) is 0 Å². The van der Waals surface area contributed by atoms with E-state index >= 15 is 0 Å². The second-order valence-corrected chi connectivity index (χ2v) is 5.74. The summed E-state index contributed by atoms with van der Waals surface area (Å²) in [6, 6.07) is 9.81. The van der Waals surface area contributed by atoms with Gasteiger partial charge in [0, 0.05) is 6.42 Å². The first-order valence-corrected chi connectivity index (χ1v) is 8.54. The number of rotatable bonds is 10. The number of methoxy groups -OCH3 is 3. The number of carbonyl (C=O) groups excluding carboxylic acids is 1. The molecule has 0 heterocycles. The molecule has 0 atom stereocenters. The molecule has 2 aromatic rings. The van der Waals surface area contributed by atoms with Crippen LogP contribution in [0.15, 0.2) is 36.4 Å². The van der Waals surface area contributed by atoms with E-state index in [0.29, 0.717) is 18.8 Å². The van der Waals surface area contributed by atoms with Gasteiger partial charge >= 0.3 is 5.97 Å². The van der Waals surface area contributed by atoms with Crippen molar-refractivity contribution in [1.82, 2.24) is 0 Å². The number of benzene rings is 2. The van der Waals surface area contributed by atoms with Crippen LogP contribution >= 0.6 is 0 Å². The molecular formula is C20H23NO7. The van der Waals surface area contributed by atoms with Gasteiger partial charge in [0.1, 0.15) is 11.5 Å². The highest BCUT2D eigenvalue weighted by Crippen LogP contribution is 2.36. The Bertz CT molecular complexity index is 818. The number of hydrogen-bond acceptors (Lipinski definition) is 6. The second-order valence-electron chi connectivity index (χ2n) is 5.74. The van der Waals surface area contributed by atoms with E-state index in [1.54, 1.807) is 31.4 Å². The van der Waals surface area contributed by atoms with Gasteiger partial charge in [-0.05, 0) is 42.8 Å². The molecule has 8 heteroatoms.